The first kappa shape index (κ1) is 14.1. The molecule has 1 rings (SSSR count). The van der Waals surface area contributed by atoms with Crippen molar-refractivity contribution in [3.63, 3.8) is 0 Å². The Labute approximate surface area is 108 Å². The predicted molar refractivity (Wildman–Crippen MR) is 71.2 cm³/mol. The molecule has 3 nitrogen and oxygen atoms in total. The molecular weight excluding hydrogens is 238 g/mol. The number of alkyl halides is 1. The standard InChI is InChI=1S/C13H20ClNO2/c1-16-13-10-11(4-2-8-15)5-6-12(13)17-9-3-7-14/h5-6,10H,2-4,7-9,15H2,1H3. The minimum atomic E-state index is 0.608. The third kappa shape index (κ3) is 4.84. The molecule has 0 heterocycles. The molecule has 0 spiro atoms. The molecule has 0 fully saturated rings. The third-order valence-electron chi connectivity index (χ3n) is 2.43. The molecule has 96 valence electrons. The highest BCUT2D eigenvalue weighted by Crippen LogP contribution is 2.28. The molecule has 0 unspecified atom stereocenters. The molecule has 0 aromatic heterocycles. The minimum Gasteiger partial charge on any atom is -0.493 e. The molecule has 0 atom stereocenters. The minimum absolute atomic E-state index is 0.608. The second-order valence-corrected chi connectivity index (χ2v) is 4.15. The van der Waals surface area contributed by atoms with Crippen LogP contribution in [0.2, 0.25) is 0 Å². The fraction of sp³-hybridized carbons (Fsp3) is 0.538. The van der Waals surface area contributed by atoms with E-state index >= 15 is 0 Å². The maximum absolute atomic E-state index is 5.60. The Morgan fingerprint density at radius 2 is 2.06 bits per heavy atom. The molecule has 0 aliphatic heterocycles. The summed E-state index contributed by atoms with van der Waals surface area (Å²) in [6.07, 6.45) is 2.78. The molecule has 2 N–H and O–H groups in total. The third-order valence-corrected chi connectivity index (χ3v) is 2.70. The van der Waals surface area contributed by atoms with E-state index in [4.69, 9.17) is 26.8 Å². The fourth-order valence-electron chi connectivity index (χ4n) is 1.53. The lowest BCUT2D eigenvalue weighted by atomic mass is 10.1. The molecule has 0 bridgehead atoms. The van der Waals surface area contributed by atoms with Crippen LogP contribution in [0.15, 0.2) is 18.2 Å². The Morgan fingerprint density at radius 1 is 1.24 bits per heavy atom. The van der Waals surface area contributed by atoms with E-state index in [-0.39, 0.29) is 0 Å². The van der Waals surface area contributed by atoms with Crippen LogP contribution in [0.5, 0.6) is 11.5 Å². The molecule has 0 amide bonds. The van der Waals surface area contributed by atoms with Crippen molar-refractivity contribution >= 4 is 11.6 Å². The average molecular weight is 258 g/mol. The van der Waals surface area contributed by atoms with Gasteiger partial charge in [-0.25, -0.2) is 0 Å². The van der Waals surface area contributed by atoms with Crippen molar-refractivity contribution in [1.82, 2.24) is 0 Å². The lowest BCUT2D eigenvalue weighted by Crippen LogP contribution is -2.02. The van der Waals surface area contributed by atoms with Gasteiger partial charge in [-0.3, -0.25) is 0 Å². The maximum Gasteiger partial charge on any atom is 0.161 e. The first-order valence-electron chi connectivity index (χ1n) is 5.87. The molecule has 0 aliphatic carbocycles. The Kier molecular flexibility index (Phi) is 6.82. The van der Waals surface area contributed by atoms with E-state index in [0.29, 0.717) is 19.0 Å². The van der Waals surface area contributed by atoms with Crippen LogP contribution < -0.4 is 15.2 Å². The number of aryl methyl sites for hydroxylation is 1. The van der Waals surface area contributed by atoms with Gasteiger partial charge in [0.05, 0.1) is 13.7 Å². The van der Waals surface area contributed by atoms with Crippen LogP contribution in [-0.4, -0.2) is 26.1 Å². The summed E-state index contributed by atoms with van der Waals surface area (Å²) in [6.45, 7) is 1.32. The van der Waals surface area contributed by atoms with Crippen molar-refractivity contribution in [2.75, 3.05) is 26.1 Å². The summed E-state index contributed by atoms with van der Waals surface area (Å²) in [5.41, 5.74) is 6.71. The number of halogens is 1. The monoisotopic (exact) mass is 257 g/mol. The fourth-order valence-corrected chi connectivity index (χ4v) is 1.64. The number of rotatable bonds is 8. The topological polar surface area (TPSA) is 44.5 Å². The quantitative estimate of drug-likeness (QED) is 0.575. The van der Waals surface area contributed by atoms with E-state index in [1.165, 1.54) is 5.56 Å². The number of hydrogen-bond donors (Lipinski definition) is 1. The van der Waals surface area contributed by atoms with Crippen molar-refractivity contribution in [3.8, 4) is 11.5 Å². The number of ether oxygens (including phenoxy) is 2. The Balaban J connectivity index is 2.64. The van der Waals surface area contributed by atoms with Gasteiger partial charge in [0.25, 0.3) is 0 Å². The van der Waals surface area contributed by atoms with Crippen molar-refractivity contribution in [1.29, 1.82) is 0 Å². The van der Waals surface area contributed by atoms with Gasteiger partial charge >= 0.3 is 0 Å². The Hall–Kier alpha value is -0.930. The van der Waals surface area contributed by atoms with Crippen LogP contribution in [0.4, 0.5) is 0 Å². The largest absolute Gasteiger partial charge is 0.493 e. The highest BCUT2D eigenvalue weighted by molar-refractivity contribution is 6.17. The molecule has 1 aromatic rings. The number of methoxy groups -OCH3 is 1. The zero-order chi connectivity index (χ0) is 12.5. The highest BCUT2D eigenvalue weighted by Gasteiger charge is 2.05. The summed E-state index contributed by atoms with van der Waals surface area (Å²) in [5, 5.41) is 0. The van der Waals surface area contributed by atoms with E-state index in [0.717, 1.165) is 30.8 Å². The molecule has 0 aliphatic rings. The Bertz CT molecular complexity index is 331. The normalized spacial score (nSPS) is 10.3. The van der Waals surface area contributed by atoms with Gasteiger partial charge in [0.2, 0.25) is 0 Å². The summed E-state index contributed by atoms with van der Waals surface area (Å²) < 4.78 is 10.9. The van der Waals surface area contributed by atoms with Gasteiger partial charge in [-0.05, 0) is 43.5 Å². The van der Waals surface area contributed by atoms with Gasteiger partial charge < -0.3 is 15.2 Å². The van der Waals surface area contributed by atoms with Gasteiger partial charge in [-0.15, -0.1) is 11.6 Å². The van der Waals surface area contributed by atoms with Crippen molar-refractivity contribution in [2.45, 2.75) is 19.3 Å². The van der Waals surface area contributed by atoms with Gasteiger partial charge in [-0.1, -0.05) is 6.07 Å². The van der Waals surface area contributed by atoms with Gasteiger partial charge in [0.1, 0.15) is 0 Å². The summed E-state index contributed by atoms with van der Waals surface area (Å²) in [4.78, 5) is 0. The van der Waals surface area contributed by atoms with E-state index in [1.54, 1.807) is 7.11 Å². The highest BCUT2D eigenvalue weighted by atomic mass is 35.5. The van der Waals surface area contributed by atoms with Gasteiger partial charge in [-0.2, -0.15) is 0 Å². The van der Waals surface area contributed by atoms with Crippen molar-refractivity contribution in [3.05, 3.63) is 23.8 Å². The molecule has 4 heteroatoms. The van der Waals surface area contributed by atoms with Gasteiger partial charge in [0, 0.05) is 5.88 Å². The zero-order valence-corrected chi connectivity index (χ0v) is 11.0. The van der Waals surface area contributed by atoms with Crippen LogP contribution in [-0.2, 0) is 6.42 Å². The Morgan fingerprint density at radius 3 is 2.71 bits per heavy atom. The summed E-state index contributed by atoms with van der Waals surface area (Å²) >= 11 is 5.60. The van der Waals surface area contributed by atoms with E-state index in [1.807, 2.05) is 18.2 Å². The van der Waals surface area contributed by atoms with Gasteiger partial charge in [0.15, 0.2) is 11.5 Å². The second-order valence-electron chi connectivity index (χ2n) is 3.77. The smallest absolute Gasteiger partial charge is 0.161 e. The second kappa shape index (κ2) is 8.20. The SMILES string of the molecule is COc1cc(CCCN)ccc1OCCCCl. The molecular formula is C13H20ClNO2. The van der Waals surface area contributed by atoms with Crippen LogP contribution in [0, 0.1) is 0 Å². The van der Waals surface area contributed by atoms with Crippen LogP contribution >= 0.6 is 11.6 Å². The van der Waals surface area contributed by atoms with E-state index in [9.17, 15) is 0 Å². The van der Waals surface area contributed by atoms with Crippen LogP contribution in [0.25, 0.3) is 0 Å². The average Bonchev–Trinajstić information content (AvgIpc) is 2.37. The van der Waals surface area contributed by atoms with Crippen molar-refractivity contribution in [2.24, 2.45) is 5.73 Å². The van der Waals surface area contributed by atoms with E-state index < -0.39 is 0 Å². The van der Waals surface area contributed by atoms with Crippen LogP contribution in [0.3, 0.4) is 0 Å². The first-order chi connectivity index (χ1) is 8.31. The molecule has 1 aromatic carbocycles. The maximum atomic E-state index is 5.60. The lowest BCUT2D eigenvalue weighted by Gasteiger charge is -2.11. The van der Waals surface area contributed by atoms with Crippen molar-refractivity contribution < 1.29 is 9.47 Å². The summed E-state index contributed by atoms with van der Waals surface area (Å²) in [6, 6.07) is 6.00. The molecule has 17 heavy (non-hydrogen) atoms. The zero-order valence-electron chi connectivity index (χ0n) is 10.2. The number of nitrogens with two attached hydrogens (primary N) is 1. The first-order valence-corrected chi connectivity index (χ1v) is 6.41. The van der Waals surface area contributed by atoms with E-state index in [2.05, 4.69) is 0 Å². The molecule has 0 saturated heterocycles. The number of hydrogen-bond acceptors (Lipinski definition) is 3. The summed E-state index contributed by atoms with van der Waals surface area (Å²) in [5.74, 6) is 2.15. The lowest BCUT2D eigenvalue weighted by molar-refractivity contribution is 0.295. The molecule has 0 saturated carbocycles. The summed E-state index contributed by atoms with van der Waals surface area (Å²) in [7, 11) is 1.65. The molecule has 0 radical (unpaired) electrons. The number of benzene rings is 1. The predicted octanol–water partition coefficient (Wildman–Crippen LogP) is 2.59. The van der Waals surface area contributed by atoms with Crippen LogP contribution in [0.1, 0.15) is 18.4 Å².